The molecule has 0 radical (unpaired) electrons. The molecule has 0 amide bonds. The van der Waals surface area contributed by atoms with Crippen LogP contribution < -0.4 is 9.47 Å². The van der Waals surface area contributed by atoms with E-state index in [-0.39, 0.29) is 0 Å². The third-order valence-corrected chi connectivity index (χ3v) is 5.83. The van der Waals surface area contributed by atoms with Gasteiger partial charge < -0.3 is 9.47 Å². The first-order valence-corrected chi connectivity index (χ1v) is 10.5. The molecule has 0 aliphatic heterocycles. The highest BCUT2D eigenvalue weighted by molar-refractivity contribution is 9.10. The van der Waals surface area contributed by atoms with E-state index in [1.165, 1.54) is 11.1 Å². The summed E-state index contributed by atoms with van der Waals surface area (Å²) in [6.45, 7) is 2.77. The Kier molecular flexibility index (Phi) is 5.91. The topological polar surface area (TPSA) is 36.3 Å². The summed E-state index contributed by atoms with van der Waals surface area (Å²) in [4.78, 5) is 0. The molecule has 0 fully saturated rings. The maximum absolute atomic E-state index is 5.32. The summed E-state index contributed by atoms with van der Waals surface area (Å²) in [7, 11) is 3.34. The second kappa shape index (κ2) is 8.76. The van der Waals surface area contributed by atoms with Crippen LogP contribution in [0.25, 0.3) is 22.5 Å². The molecular weight excluding hydrogens is 440 g/mol. The van der Waals surface area contributed by atoms with E-state index in [1.54, 1.807) is 14.2 Å². The second-order valence-corrected chi connectivity index (χ2v) is 7.90. The molecule has 0 N–H and O–H groups in total. The van der Waals surface area contributed by atoms with Crippen molar-refractivity contribution in [1.29, 1.82) is 0 Å². The van der Waals surface area contributed by atoms with Crippen LogP contribution in [-0.2, 0) is 6.54 Å². The minimum absolute atomic E-state index is 0.677. The molecule has 1 heterocycles. The van der Waals surface area contributed by atoms with E-state index in [9.17, 15) is 0 Å². The van der Waals surface area contributed by atoms with Gasteiger partial charge in [-0.1, -0.05) is 29.8 Å². The van der Waals surface area contributed by atoms with Gasteiger partial charge in [0.25, 0.3) is 0 Å². The molecule has 0 saturated carbocycles. The molecule has 0 bridgehead atoms. The van der Waals surface area contributed by atoms with Gasteiger partial charge in [0.2, 0.25) is 0 Å². The number of benzene rings is 3. The average Bonchev–Trinajstić information content (AvgIpc) is 3.11. The summed E-state index contributed by atoms with van der Waals surface area (Å²) in [5.41, 5.74) is 6.48. The SMILES string of the molecule is COc1ccc(-c2nn(Cc3ccc(C)cc3)c(-c3ccc(OC)cc3)c2Br)cc1. The van der Waals surface area contributed by atoms with Crippen molar-refractivity contribution in [3.8, 4) is 34.0 Å². The lowest BCUT2D eigenvalue weighted by Crippen LogP contribution is -2.04. The molecule has 5 heteroatoms. The molecule has 0 atom stereocenters. The monoisotopic (exact) mass is 462 g/mol. The lowest BCUT2D eigenvalue weighted by Gasteiger charge is -2.09. The maximum atomic E-state index is 5.32. The molecule has 1 aromatic heterocycles. The number of nitrogens with zero attached hydrogens (tertiary/aromatic N) is 2. The van der Waals surface area contributed by atoms with Crippen LogP contribution >= 0.6 is 15.9 Å². The fourth-order valence-electron chi connectivity index (χ4n) is 3.38. The zero-order chi connectivity index (χ0) is 21.1. The Morgan fingerprint density at radius 3 is 1.83 bits per heavy atom. The first-order chi connectivity index (χ1) is 14.6. The smallest absolute Gasteiger partial charge is 0.118 e. The Labute approximate surface area is 185 Å². The van der Waals surface area contributed by atoms with Gasteiger partial charge in [-0.3, -0.25) is 4.68 Å². The molecule has 0 spiro atoms. The average molecular weight is 463 g/mol. The van der Waals surface area contributed by atoms with Gasteiger partial charge in [-0.2, -0.15) is 5.10 Å². The van der Waals surface area contributed by atoms with E-state index in [4.69, 9.17) is 14.6 Å². The van der Waals surface area contributed by atoms with Crippen LogP contribution in [0.15, 0.2) is 77.3 Å². The third-order valence-electron chi connectivity index (χ3n) is 5.07. The largest absolute Gasteiger partial charge is 0.497 e. The zero-order valence-corrected chi connectivity index (χ0v) is 18.8. The van der Waals surface area contributed by atoms with Gasteiger partial charge in [-0.15, -0.1) is 0 Å². The molecule has 152 valence electrons. The van der Waals surface area contributed by atoms with Crippen molar-refractivity contribution in [2.24, 2.45) is 0 Å². The summed E-state index contributed by atoms with van der Waals surface area (Å²) >= 11 is 3.83. The number of methoxy groups -OCH3 is 2. The standard InChI is InChI=1S/C25H23BrN2O2/c1-17-4-6-18(7-5-17)16-28-25(20-10-14-22(30-3)15-11-20)23(26)24(27-28)19-8-12-21(29-2)13-9-19/h4-15H,16H2,1-3H3. The van der Waals surface area contributed by atoms with Gasteiger partial charge in [0.1, 0.15) is 17.2 Å². The summed E-state index contributed by atoms with van der Waals surface area (Å²) in [6.07, 6.45) is 0. The highest BCUT2D eigenvalue weighted by atomic mass is 79.9. The Hall–Kier alpha value is -3.05. The van der Waals surface area contributed by atoms with Gasteiger partial charge in [-0.25, -0.2) is 0 Å². The van der Waals surface area contributed by atoms with Crippen LogP contribution in [0.1, 0.15) is 11.1 Å². The highest BCUT2D eigenvalue weighted by Crippen LogP contribution is 2.38. The van der Waals surface area contributed by atoms with Gasteiger partial charge in [0.15, 0.2) is 0 Å². The summed E-state index contributed by atoms with van der Waals surface area (Å²) < 4.78 is 13.6. The summed E-state index contributed by atoms with van der Waals surface area (Å²) in [5.74, 6) is 1.65. The lowest BCUT2D eigenvalue weighted by molar-refractivity contribution is 0.414. The van der Waals surface area contributed by atoms with Gasteiger partial charge >= 0.3 is 0 Å². The molecular formula is C25H23BrN2O2. The lowest BCUT2D eigenvalue weighted by atomic mass is 10.1. The Morgan fingerprint density at radius 2 is 1.30 bits per heavy atom. The van der Waals surface area contributed by atoms with Crippen LogP contribution in [0, 0.1) is 6.92 Å². The van der Waals surface area contributed by atoms with Crippen LogP contribution in [0.2, 0.25) is 0 Å². The van der Waals surface area contributed by atoms with Gasteiger partial charge in [-0.05, 0) is 76.9 Å². The first-order valence-electron chi connectivity index (χ1n) is 9.69. The van der Waals surface area contributed by atoms with Gasteiger partial charge in [0.05, 0.1) is 30.9 Å². The quantitative estimate of drug-likeness (QED) is 0.334. The normalized spacial score (nSPS) is 10.8. The molecule has 4 nitrogen and oxygen atoms in total. The molecule has 0 aliphatic rings. The van der Waals surface area contributed by atoms with E-state index >= 15 is 0 Å². The van der Waals surface area contributed by atoms with Crippen LogP contribution in [-0.4, -0.2) is 24.0 Å². The van der Waals surface area contributed by atoms with Crippen LogP contribution in [0.3, 0.4) is 0 Å². The summed E-state index contributed by atoms with van der Waals surface area (Å²) in [5, 5.41) is 4.97. The number of hydrogen-bond acceptors (Lipinski definition) is 3. The maximum Gasteiger partial charge on any atom is 0.118 e. The minimum Gasteiger partial charge on any atom is -0.497 e. The van der Waals surface area contributed by atoms with Crippen molar-refractivity contribution in [2.75, 3.05) is 14.2 Å². The number of halogens is 1. The van der Waals surface area contributed by atoms with E-state index in [0.29, 0.717) is 6.54 Å². The van der Waals surface area contributed by atoms with E-state index < -0.39 is 0 Å². The molecule has 0 unspecified atom stereocenters. The number of ether oxygens (including phenoxy) is 2. The van der Waals surface area contributed by atoms with Crippen molar-refractivity contribution in [1.82, 2.24) is 9.78 Å². The minimum atomic E-state index is 0.677. The van der Waals surface area contributed by atoms with E-state index in [2.05, 4.69) is 63.9 Å². The van der Waals surface area contributed by atoms with E-state index in [1.807, 2.05) is 36.4 Å². The zero-order valence-electron chi connectivity index (χ0n) is 17.2. The van der Waals surface area contributed by atoms with Crippen molar-refractivity contribution in [3.05, 3.63) is 88.4 Å². The molecule has 0 saturated heterocycles. The van der Waals surface area contributed by atoms with Gasteiger partial charge in [0, 0.05) is 11.1 Å². The number of rotatable bonds is 6. The molecule has 30 heavy (non-hydrogen) atoms. The van der Waals surface area contributed by atoms with Crippen LogP contribution in [0.5, 0.6) is 11.5 Å². The van der Waals surface area contributed by atoms with Crippen LogP contribution in [0.4, 0.5) is 0 Å². The van der Waals surface area contributed by atoms with Crippen molar-refractivity contribution < 1.29 is 9.47 Å². The second-order valence-electron chi connectivity index (χ2n) is 7.11. The first kappa shape index (κ1) is 20.2. The van der Waals surface area contributed by atoms with Crippen molar-refractivity contribution in [2.45, 2.75) is 13.5 Å². The molecule has 3 aromatic carbocycles. The molecule has 4 rings (SSSR count). The fourth-order valence-corrected chi connectivity index (χ4v) is 4.12. The molecule has 0 aliphatic carbocycles. The third kappa shape index (κ3) is 4.12. The Bertz CT molecular complexity index is 1130. The van der Waals surface area contributed by atoms with Crippen molar-refractivity contribution >= 4 is 15.9 Å². The Morgan fingerprint density at radius 1 is 0.767 bits per heavy atom. The molecule has 4 aromatic rings. The van der Waals surface area contributed by atoms with Crippen molar-refractivity contribution in [3.63, 3.8) is 0 Å². The highest BCUT2D eigenvalue weighted by Gasteiger charge is 2.19. The number of aryl methyl sites for hydroxylation is 1. The predicted molar refractivity (Wildman–Crippen MR) is 124 cm³/mol. The number of hydrogen-bond donors (Lipinski definition) is 0. The summed E-state index contributed by atoms with van der Waals surface area (Å²) in [6, 6.07) is 24.6. The fraction of sp³-hybridized carbons (Fsp3) is 0.160. The van der Waals surface area contributed by atoms with E-state index in [0.717, 1.165) is 38.5 Å². The Balaban J connectivity index is 1.81. The number of aromatic nitrogens is 2. The predicted octanol–water partition coefficient (Wildman–Crippen LogP) is 6.35.